The zero-order chi connectivity index (χ0) is 12.6. The Kier molecular flexibility index (Phi) is 2.89. The maximum Gasteiger partial charge on any atom is 0.140 e. The fourth-order valence-corrected chi connectivity index (χ4v) is 3.69. The van der Waals surface area contributed by atoms with Crippen LogP contribution in [0.25, 0.3) is 11.0 Å². The Morgan fingerprint density at radius 3 is 2.78 bits per heavy atom. The molecule has 96 valence electrons. The zero-order valence-electron chi connectivity index (χ0n) is 11.4. The summed E-state index contributed by atoms with van der Waals surface area (Å²) >= 11 is 0. The highest BCUT2D eigenvalue weighted by molar-refractivity contribution is 5.76. The Balaban J connectivity index is 2.09. The fourth-order valence-electron chi connectivity index (χ4n) is 3.69. The molecule has 2 heteroatoms. The van der Waals surface area contributed by atoms with Crippen molar-refractivity contribution in [3.05, 3.63) is 30.6 Å². The lowest BCUT2D eigenvalue weighted by Crippen LogP contribution is -2.31. The molecule has 2 aromatic rings. The highest BCUT2D eigenvalue weighted by Gasteiger charge is 2.36. The summed E-state index contributed by atoms with van der Waals surface area (Å²) in [7, 11) is 0. The zero-order valence-corrected chi connectivity index (χ0v) is 11.4. The van der Waals surface area contributed by atoms with Gasteiger partial charge in [-0.15, -0.1) is 0 Å². The molecule has 2 heterocycles. The second-order valence-electron chi connectivity index (χ2n) is 6.13. The van der Waals surface area contributed by atoms with E-state index in [4.69, 9.17) is 0 Å². The van der Waals surface area contributed by atoms with Crippen LogP contribution in [0.5, 0.6) is 0 Å². The fraction of sp³-hybridized carbons (Fsp3) is 0.562. The van der Waals surface area contributed by atoms with Crippen molar-refractivity contribution < 1.29 is 0 Å². The topological polar surface area (TPSA) is 17.8 Å². The molecule has 0 atom stereocenters. The molecule has 3 rings (SSSR count). The van der Waals surface area contributed by atoms with E-state index in [1.807, 2.05) is 12.3 Å². The molecule has 0 aliphatic heterocycles. The monoisotopic (exact) mass is 242 g/mol. The molecule has 0 N–H and O–H groups in total. The first-order valence-electron chi connectivity index (χ1n) is 7.14. The third-order valence-corrected chi connectivity index (χ3v) is 4.28. The molecule has 0 aromatic carbocycles. The highest BCUT2D eigenvalue weighted by atomic mass is 15.1. The Hall–Kier alpha value is -1.31. The molecule has 0 saturated heterocycles. The van der Waals surface area contributed by atoms with Crippen molar-refractivity contribution in [2.24, 2.45) is 5.92 Å². The molecule has 0 unspecified atom stereocenters. The van der Waals surface area contributed by atoms with Crippen molar-refractivity contribution in [1.82, 2.24) is 9.55 Å². The average molecular weight is 242 g/mol. The summed E-state index contributed by atoms with van der Waals surface area (Å²) < 4.78 is 2.47. The summed E-state index contributed by atoms with van der Waals surface area (Å²) in [6.07, 6.45) is 10.8. The third kappa shape index (κ3) is 1.84. The molecule has 2 nitrogen and oxygen atoms in total. The third-order valence-electron chi connectivity index (χ3n) is 4.28. The molecule has 2 aromatic heterocycles. The summed E-state index contributed by atoms with van der Waals surface area (Å²) in [6.45, 7) is 4.67. The van der Waals surface area contributed by atoms with Crippen LogP contribution < -0.4 is 0 Å². The first-order valence-corrected chi connectivity index (χ1v) is 7.14. The SMILES string of the molecule is CC(C)CC1(n2ccc3cccnc32)CCCC1. The molecular formula is C16H22N2. The van der Waals surface area contributed by atoms with E-state index in [-0.39, 0.29) is 0 Å². The van der Waals surface area contributed by atoms with Crippen LogP contribution in [0.1, 0.15) is 46.0 Å². The molecule has 18 heavy (non-hydrogen) atoms. The molecule has 0 bridgehead atoms. The number of hydrogen-bond acceptors (Lipinski definition) is 1. The molecule has 0 amide bonds. The predicted octanol–water partition coefficient (Wildman–Crippen LogP) is 4.35. The molecule has 1 aliphatic carbocycles. The van der Waals surface area contributed by atoms with E-state index in [1.54, 1.807) is 0 Å². The minimum atomic E-state index is 0.324. The van der Waals surface area contributed by atoms with E-state index in [0.717, 1.165) is 5.92 Å². The van der Waals surface area contributed by atoms with Gasteiger partial charge >= 0.3 is 0 Å². The van der Waals surface area contributed by atoms with Gasteiger partial charge in [-0.1, -0.05) is 26.7 Å². The predicted molar refractivity (Wildman–Crippen MR) is 75.6 cm³/mol. The molecule has 1 aliphatic rings. The Bertz CT molecular complexity index is 533. The van der Waals surface area contributed by atoms with Crippen molar-refractivity contribution in [3.8, 4) is 0 Å². The van der Waals surface area contributed by atoms with Crippen LogP contribution in [0.15, 0.2) is 30.6 Å². The maximum atomic E-state index is 4.60. The lowest BCUT2D eigenvalue weighted by molar-refractivity contribution is 0.242. The number of rotatable bonds is 3. The highest BCUT2D eigenvalue weighted by Crippen LogP contribution is 2.43. The number of aromatic nitrogens is 2. The van der Waals surface area contributed by atoms with Gasteiger partial charge in [0.1, 0.15) is 5.65 Å². The van der Waals surface area contributed by atoms with Gasteiger partial charge in [-0.2, -0.15) is 0 Å². The van der Waals surface area contributed by atoms with Crippen LogP contribution in [0.4, 0.5) is 0 Å². The minimum Gasteiger partial charge on any atom is -0.326 e. The lowest BCUT2D eigenvalue weighted by atomic mass is 9.87. The second-order valence-corrected chi connectivity index (χ2v) is 6.13. The van der Waals surface area contributed by atoms with E-state index < -0.39 is 0 Å². The van der Waals surface area contributed by atoms with Crippen molar-refractivity contribution in [2.45, 2.75) is 51.5 Å². The van der Waals surface area contributed by atoms with Gasteiger partial charge in [0.2, 0.25) is 0 Å². The number of fused-ring (bicyclic) bond motifs is 1. The minimum absolute atomic E-state index is 0.324. The summed E-state index contributed by atoms with van der Waals surface area (Å²) in [5.74, 6) is 0.740. The van der Waals surface area contributed by atoms with E-state index in [1.165, 1.54) is 43.1 Å². The maximum absolute atomic E-state index is 4.60. The van der Waals surface area contributed by atoms with Gasteiger partial charge in [-0.05, 0) is 43.4 Å². The van der Waals surface area contributed by atoms with Crippen LogP contribution in [-0.2, 0) is 5.54 Å². The van der Waals surface area contributed by atoms with Gasteiger partial charge in [0, 0.05) is 23.3 Å². The molecule has 1 saturated carbocycles. The Morgan fingerprint density at radius 2 is 2.06 bits per heavy atom. The van der Waals surface area contributed by atoms with Crippen molar-refractivity contribution in [1.29, 1.82) is 0 Å². The van der Waals surface area contributed by atoms with Gasteiger partial charge in [0.15, 0.2) is 0 Å². The largest absolute Gasteiger partial charge is 0.326 e. The molecule has 0 spiro atoms. The van der Waals surface area contributed by atoms with Gasteiger partial charge in [-0.3, -0.25) is 0 Å². The van der Waals surface area contributed by atoms with E-state index in [2.05, 4.69) is 41.7 Å². The summed E-state index contributed by atoms with van der Waals surface area (Å²) in [4.78, 5) is 4.60. The van der Waals surface area contributed by atoms with Gasteiger partial charge in [0.25, 0.3) is 0 Å². The normalized spacial score (nSPS) is 18.8. The lowest BCUT2D eigenvalue weighted by Gasteiger charge is -2.33. The Labute approximate surface area is 109 Å². The number of nitrogens with zero attached hydrogens (tertiary/aromatic N) is 2. The standard InChI is InChI=1S/C16H22N2/c1-13(2)12-16(8-3-4-9-16)18-11-7-14-6-5-10-17-15(14)18/h5-7,10-11,13H,3-4,8-9,12H2,1-2H3. The number of pyridine rings is 1. The van der Waals surface area contributed by atoms with E-state index in [0.29, 0.717) is 5.54 Å². The molecule has 0 radical (unpaired) electrons. The molecule has 1 fully saturated rings. The number of hydrogen-bond donors (Lipinski definition) is 0. The summed E-state index contributed by atoms with van der Waals surface area (Å²) in [5.41, 5.74) is 1.49. The van der Waals surface area contributed by atoms with Crippen molar-refractivity contribution >= 4 is 11.0 Å². The van der Waals surface area contributed by atoms with Gasteiger partial charge < -0.3 is 4.57 Å². The van der Waals surface area contributed by atoms with Gasteiger partial charge in [-0.25, -0.2) is 4.98 Å². The second kappa shape index (κ2) is 4.42. The van der Waals surface area contributed by atoms with Crippen LogP contribution >= 0.6 is 0 Å². The quantitative estimate of drug-likeness (QED) is 0.782. The first-order chi connectivity index (χ1) is 8.71. The summed E-state index contributed by atoms with van der Waals surface area (Å²) in [6, 6.07) is 6.40. The van der Waals surface area contributed by atoms with Crippen LogP contribution in [-0.4, -0.2) is 9.55 Å². The van der Waals surface area contributed by atoms with Gasteiger partial charge in [0.05, 0.1) is 0 Å². The molecular weight excluding hydrogens is 220 g/mol. The van der Waals surface area contributed by atoms with Crippen LogP contribution in [0.2, 0.25) is 0 Å². The van der Waals surface area contributed by atoms with Crippen LogP contribution in [0.3, 0.4) is 0 Å². The van der Waals surface area contributed by atoms with Crippen molar-refractivity contribution in [2.75, 3.05) is 0 Å². The first kappa shape index (κ1) is 11.8. The Morgan fingerprint density at radius 1 is 1.28 bits per heavy atom. The van der Waals surface area contributed by atoms with Crippen LogP contribution in [0, 0.1) is 5.92 Å². The van der Waals surface area contributed by atoms with E-state index >= 15 is 0 Å². The van der Waals surface area contributed by atoms with E-state index in [9.17, 15) is 0 Å². The average Bonchev–Trinajstić information content (AvgIpc) is 2.94. The smallest absolute Gasteiger partial charge is 0.140 e. The van der Waals surface area contributed by atoms with Crippen molar-refractivity contribution in [3.63, 3.8) is 0 Å². The summed E-state index contributed by atoms with van der Waals surface area (Å²) in [5, 5.41) is 1.27.